The molecule has 0 amide bonds. The van der Waals surface area contributed by atoms with Crippen molar-refractivity contribution in [2.45, 2.75) is 202 Å². The summed E-state index contributed by atoms with van der Waals surface area (Å²) in [6.45, 7) is 42.1. The van der Waals surface area contributed by atoms with Crippen LogP contribution in [0.5, 0.6) is 0 Å². The third-order valence-corrected chi connectivity index (χ3v) is 20.8. The predicted octanol–water partition coefficient (Wildman–Crippen LogP) is 24.3. The maximum absolute atomic E-state index is 12.2. The summed E-state index contributed by atoms with van der Waals surface area (Å²) in [7, 11) is 0. The molecule has 0 fully saturated rings. The molecule has 10 aromatic rings. The molecule has 2 aliphatic heterocycles. The van der Waals surface area contributed by atoms with Gasteiger partial charge in [0.15, 0.2) is 5.78 Å². The fraction of sp³-hybridized carbons (Fsp3) is 0.402. The zero-order valence-electron chi connectivity index (χ0n) is 56.6. The topological polar surface area (TPSA) is 63.1 Å². The molecule has 0 bridgehead atoms. The molecule has 2 aromatic heterocycles. The Morgan fingerprint density at radius 2 is 0.899 bits per heavy atom. The SMILES string of the molecule is CC(C)(C)Cc1ccc2c(c1)cc1c3c(nccc32)-c2[c-]c3ccccc3c(CC(C)(C)C)c2S1.CCC(C)(CC)C(=O)/C=C(\O)C(C)(CC)CC.Cc1ccc2c(CC(C)(C)C)c3c([c-]c2c1)-c1nccc2c1c(cc1cc(CC(C)(C)C)ccc12)S3.[Ir]. The van der Waals surface area contributed by atoms with Crippen molar-refractivity contribution in [1.29, 1.82) is 0 Å². The van der Waals surface area contributed by atoms with Gasteiger partial charge in [0, 0.05) is 70.6 Å². The molecule has 8 aromatic carbocycles. The van der Waals surface area contributed by atoms with Crippen molar-refractivity contribution in [1.82, 2.24) is 9.97 Å². The molecule has 7 heteroatoms. The Labute approximate surface area is 554 Å². The third-order valence-electron chi connectivity index (χ3n) is 18.4. The first-order chi connectivity index (χ1) is 41.3. The molecule has 1 radical (unpaired) electrons. The number of fused-ring (bicyclic) bond motifs is 10. The number of allylic oxidation sites excluding steroid dienone is 2. The smallest absolute Gasteiger partial charge is 0.164 e. The van der Waals surface area contributed by atoms with Crippen LogP contribution in [-0.2, 0) is 50.6 Å². The number of aliphatic hydroxyl groups excluding tert-OH is 1. The van der Waals surface area contributed by atoms with E-state index in [9.17, 15) is 9.90 Å². The van der Waals surface area contributed by atoms with Gasteiger partial charge in [-0.25, -0.2) is 0 Å². The van der Waals surface area contributed by atoms with E-state index in [-0.39, 0.29) is 64.1 Å². The molecule has 4 heterocycles. The van der Waals surface area contributed by atoms with E-state index in [1.165, 1.54) is 124 Å². The van der Waals surface area contributed by atoms with Crippen molar-refractivity contribution in [2.24, 2.45) is 32.5 Å². The molecular formula is C82H94IrN2O2S2-2. The molecule has 467 valence electrons. The van der Waals surface area contributed by atoms with Crippen molar-refractivity contribution < 1.29 is 30.0 Å². The summed E-state index contributed by atoms with van der Waals surface area (Å²) in [5.41, 5.74) is 11.7. The van der Waals surface area contributed by atoms with Crippen molar-refractivity contribution >= 4 is 93.9 Å². The van der Waals surface area contributed by atoms with Crippen molar-refractivity contribution in [3.8, 4) is 22.5 Å². The number of carbonyl (C=O) groups is 1. The number of rotatable bonds is 11. The van der Waals surface area contributed by atoms with Crippen molar-refractivity contribution in [3.63, 3.8) is 0 Å². The summed E-state index contributed by atoms with van der Waals surface area (Å²) in [6.07, 6.45) is 12.9. The molecule has 2 aliphatic rings. The van der Waals surface area contributed by atoms with Crippen LogP contribution in [0.3, 0.4) is 0 Å². The Morgan fingerprint density at radius 1 is 0.483 bits per heavy atom. The molecule has 0 saturated carbocycles. The maximum atomic E-state index is 12.2. The van der Waals surface area contributed by atoms with E-state index in [4.69, 9.17) is 9.97 Å². The van der Waals surface area contributed by atoms with Crippen molar-refractivity contribution in [2.75, 3.05) is 0 Å². The molecule has 0 spiro atoms. The number of aromatic nitrogens is 2. The molecule has 12 rings (SSSR count). The van der Waals surface area contributed by atoms with Crippen LogP contribution in [0.25, 0.3) is 87.1 Å². The first-order valence-electron chi connectivity index (χ1n) is 32.3. The van der Waals surface area contributed by atoms with Gasteiger partial charge in [-0.15, -0.1) is 58.6 Å². The second kappa shape index (κ2) is 25.7. The van der Waals surface area contributed by atoms with Crippen LogP contribution in [-0.4, -0.2) is 20.9 Å². The molecule has 4 nitrogen and oxygen atoms in total. The quantitative estimate of drug-likeness (QED) is 0.0603. The van der Waals surface area contributed by atoms with Gasteiger partial charge in [-0.1, -0.05) is 230 Å². The van der Waals surface area contributed by atoms with E-state index in [0.717, 1.165) is 68.3 Å². The number of aliphatic hydroxyl groups is 1. The zero-order valence-corrected chi connectivity index (χ0v) is 60.6. The number of ketones is 1. The normalized spacial score (nSPS) is 13.4. The fourth-order valence-electron chi connectivity index (χ4n) is 12.9. The Morgan fingerprint density at radius 3 is 1.34 bits per heavy atom. The van der Waals surface area contributed by atoms with Crippen LogP contribution in [0.1, 0.15) is 178 Å². The predicted molar refractivity (Wildman–Crippen MR) is 381 cm³/mol. The minimum atomic E-state index is -0.337. The van der Waals surface area contributed by atoms with Crippen LogP contribution >= 0.6 is 23.5 Å². The second-order valence-electron chi connectivity index (χ2n) is 30.8. The van der Waals surface area contributed by atoms with Gasteiger partial charge in [0.25, 0.3) is 0 Å². The summed E-state index contributed by atoms with van der Waals surface area (Å²) in [4.78, 5) is 27.4. The van der Waals surface area contributed by atoms with Gasteiger partial charge in [0.1, 0.15) is 5.76 Å². The summed E-state index contributed by atoms with van der Waals surface area (Å²) in [6, 6.07) is 46.4. The van der Waals surface area contributed by atoms with Gasteiger partial charge in [0.2, 0.25) is 0 Å². The average Bonchev–Trinajstić information content (AvgIpc) is 0.743. The molecule has 0 saturated heterocycles. The van der Waals surface area contributed by atoms with Crippen molar-refractivity contribution in [3.05, 3.63) is 167 Å². The average molecular weight is 1400 g/mol. The first kappa shape index (κ1) is 67.6. The largest absolute Gasteiger partial charge is 0.512 e. The van der Waals surface area contributed by atoms with E-state index in [1.807, 2.05) is 77.5 Å². The number of nitrogens with zero attached hydrogens (tertiary/aromatic N) is 2. The van der Waals surface area contributed by atoms with Gasteiger partial charge in [-0.3, -0.25) is 14.8 Å². The molecule has 0 atom stereocenters. The van der Waals surface area contributed by atoms with Gasteiger partial charge in [0.05, 0.1) is 0 Å². The van der Waals surface area contributed by atoms with Gasteiger partial charge in [-0.2, -0.15) is 0 Å². The summed E-state index contributed by atoms with van der Waals surface area (Å²) >= 11 is 3.84. The van der Waals surface area contributed by atoms with E-state index in [2.05, 4.69) is 205 Å². The molecule has 0 aliphatic carbocycles. The van der Waals surface area contributed by atoms with Crippen LogP contribution in [0.4, 0.5) is 0 Å². The first-order valence-corrected chi connectivity index (χ1v) is 33.9. The number of pyridine rings is 2. The van der Waals surface area contributed by atoms with E-state index >= 15 is 0 Å². The zero-order chi connectivity index (χ0) is 63.6. The number of benzene rings is 8. The number of hydrogen-bond acceptors (Lipinski definition) is 6. The van der Waals surface area contributed by atoms with E-state index in [0.29, 0.717) is 0 Å². The Bertz CT molecular complexity index is 4380. The van der Waals surface area contributed by atoms with Gasteiger partial charge < -0.3 is 5.11 Å². The molecule has 0 unspecified atom stereocenters. The van der Waals surface area contributed by atoms with E-state index in [1.54, 1.807) is 0 Å². The monoisotopic (exact) mass is 1400 g/mol. The Balaban J connectivity index is 0.000000168. The minimum absolute atomic E-state index is 0. The maximum Gasteiger partial charge on any atom is 0.164 e. The third kappa shape index (κ3) is 14.3. The van der Waals surface area contributed by atoms with Gasteiger partial charge >= 0.3 is 0 Å². The molecular weight excluding hydrogens is 1300 g/mol. The van der Waals surface area contributed by atoms with Crippen LogP contribution < -0.4 is 0 Å². The van der Waals surface area contributed by atoms with Gasteiger partial charge in [-0.05, 0) is 168 Å². The number of hydrogen-bond donors (Lipinski definition) is 1. The standard InChI is InChI=1S/C34H34NS.C33H32NS.C15H28O2.Ir/c1-20-8-10-25-22(14-20)16-27-31-30-26(12-13-35-31)24-11-9-21(18-33(2,3)4)15-23(24)17-29(30)36-32(27)28(25)19-34(5,6)7;1-32(2,3)18-20-11-12-24-22(15-20)17-28-29-25(24)13-14-34-30(29)26-16-21-9-7-8-10-23(21)27(31(26)35-28)19-33(4,5)6;1-7-14(5,8-2)12(16)11-13(17)15(6,9-3)10-4;/h8-15,17H,18-19H2,1-7H3;7-15,17H,18-19H2,1-6H3;11,16H,7-10H2,1-6H3;/q2*-1;;/b;;12-11-;. The Hall–Kier alpha value is -5.82. The van der Waals surface area contributed by atoms with Crippen LogP contribution in [0.15, 0.2) is 147 Å². The summed E-state index contributed by atoms with van der Waals surface area (Å²) < 4.78 is 0. The fourth-order valence-corrected chi connectivity index (χ4v) is 15.5. The van der Waals surface area contributed by atoms with Crippen LogP contribution in [0, 0.1) is 51.5 Å². The number of carbonyl (C=O) groups excluding carboxylic acids is 1. The summed E-state index contributed by atoms with van der Waals surface area (Å²) in [5, 5.41) is 25.6. The Kier molecular flexibility index (Phi) is 19.5. The second-order valence-corrected chi connectivity index (χ2v) is 32.9. The van der Waals surface area contributed by atoms with Crippen LogP contribution in [0.2, 0.25) is 0 Å². The van der Waals surface area contributed by atoms with E-state index < -0.39 is 0 Å². The molecule has 1 N–H and O–H groups in total. The minimum Gasteiger partial charge on any atom is -0.512 e. The number of aryl methyl sites for hydroxylation is 1. The summed E-state index contributed by atoms with van der Waals surface area (Å²) in [5.74, 6) is 0.286. The molecule has 89 heavy (non-hydrogen) atoms.